The van der Waals surface area contributed by atoms with Crippen LogP contribution in [0.1, 0.15) is 31.2 Å². The second-order valence-corrected chi connectivity index (χ2v) is 4.90. The van der Waals surface area contributed by atoms with Crippen molar-refractivity contribution in [2.24, 2.45) is 11.7 Å². The monoisotopic (exact) mass is 248 g/mol. The maximum atomic E-state index is 12.0. The zero-order chi connectivity index (χ0) is 13.0. The number of carbonyl (C=O) groups excluding carboxylic acids is 1. The molecule has 0 saturated heterocycles. The predicted molar refractivity (Wildman–Crippen MR) is 69.9 cm³/mol. The molecule has 1 aliphatic rings. The van der Waals surface area contributed by atoms with E-state index < -0.39 is 0 Å². The van der Waals surface area contributed by atoms with E-state index in [0.29, 0.717) is 6.54 Å². The molecule has 2 atom stereocenters. The number of benzene rings is 1. The highest BCUT2D eigenvalue weighted by atomic mass is 16.3. The molecule has 2 unspecified atom stereocenters. The largest absolute Gasteiger partial charge is 0.508 e. The summed E-state index contributed by atoms with van der Waals surface area (Å²) in [5.41, 5.74) is 6.70. The van der Waals surface area contributed by atoms with Gasteiger partial charge >= 0.3 is 0 Å². The van der Waals surface area contributed by atoms with Gasteiger partial charge in [0.05, 0.1) is 5.92 Å². The molecule has 1 aromatic carbocycles. The van der Waals surface area contributed by atoms with Crippen molar-refractivity contribution in [1.29, 1.82) is 0 Å². The van der Waals surface area contributed by atoms with Crippen molar-refractivity contribution in [1.82, 2.24) is 5.32 Å². The Hall–Kier alpha value is -1.55. The molecule has 1 aromatic rings. The summed E-state index contributed by atoms with van der Waals surface area (Å²) in [5.74, 6) is 0.140. The molecule has 0 radical (unpaired) electrons. The SMILES string of the molecule is NC1CCCCC1C(=O)NCc1ccccc1O. The number of nitrogens with one attached hydrogen (secondary N) is 1. The molecule has 1 fully saturated rings. The Morgan fingerprint density at radius 2 is 2.06 bits per heavy atom. The van der Waals surface area contributed by atoms with Gasteiger partial charge in [0.1, 0.15) is 5.75 Å². The normalized spacial score (nSPS) is 23.6. The molecule has 4 N–H and O–H groups in total. The average molecular weight is 248 g/mol. The number of nitrogens with two attached hydrogens (primary N) is 1. The van der Waals surface area contributed by atoms with Gasteiger partial charge in [0, 0.05) is 18.2 Å². The zero-order valence-corrected chi connectivity index (χ0v) is 10.4. The Kier molecular flexibility index (Phi) is 4.20. The topological polar surface area (TPSA) is 75.4 Å². The lowest BCUT2D eigenvalue weighted by molar-refractivity contribution is -0.126. The number of amides is 1. The fraction of sp³-hybridized carbons (Fsp3) is 0.500. The number of phenolic OH excluding ortho intramolecular Hbond substituents is 1. The number of carbonyl (C=O) groups is 1. The highest BCUT2D eigenvalue weighted by Crippen LogP contribution is 2.23. The molecule has 4 heteroatoms. The molecule has 4 nitrogen and oxygen atoms in total. The van der Waals surface area contributed by atoms with Crippen molar-refractivity contribution in [3.8, 4) is 5.75 Å². The van der Waals surface area contributed by atoms with E-state index >= 15 is 0 Å². The smallest absolute Gasteiger partial charge is 0.224 e. The van der Waals surface area contributed by atoms with E-state index in [0.717, 1.165) is 31.2 Å². The van der Waals surface area contributed by atoms with Crippen LogP contribution in [0.15, 0.2) is 24.3 Å². The van der Waals surface area contributed by atoms with Crippen LogP contribution in [0.4, 0.5) is 0 Å². The molecule has 0 spiro atoms. The molecule has 1 saturated carbocycles. The molecule has 0 aliphatic heterocycles. The third-order valence-corrected chi connectivity index (χ3v) is 3.60. The third kappa shape index (κ3) is 3.01. The van der Waals surface area contributed by atoms with Gasteiger partial charge in [0.2, 0.25) is 5.91 Å². The van der Waals surface area contributed by atoms with Crippen molar-refractivity contribution in [3.05, 3.63) is 29.8 Å². The van der Waals surface area contributed by atoms with Gasteiger partial charge in [-0.05, 0) is 18.9 Å². The molecule has 98 valence electrons. The molecule has 0 aromatic heterocycles. The van der Waals surface area contributed by atoms with Crippen molar-refractivity contribution in [3.63, 3.8) is 0 Å². The molecule has 1 aliphatic carbocycles. The maximum Gasteiger partial charge on any atom is 0.224 e. The van der Waals surface area contributed by atoms with Crippen LogP contribution in [0.25, 0.3) is 0 Å². The second kappa shape index (κ2) is 5.87. The van der Waals surface area contributed by atoms with E-state index in [4.69, 9.17) is 5.73 Å². The Labute approximate surface area is 107 Å². The minimum absolute atomic E-state index is 0.00505. The second-order valence-electron chi connectivity index (χ2n) is 4.90. The lowest BCUT2D eigenvalue weighted by Crippen LogP contribution is -2.43. The maximum absolute atomic E-state index is 12.0. The van der Waals surface area contributed by atoms with E-state index in [9.17, 15) is 9.90 Å². The third-order valence-electron chi connectivity index (χ3n) is 3.60. The number of hydrogen-bond acceptors (Lipinski definition) is 3. The van der Waals surface area contributed by atoms with E-state index in [-0.39, 0.29) is 23.6 Å². The molecular formula is C14H20N2O2. The van der Waals surface area contributed by atoms with Gasteiger partial charge in [-0.2, -0.15) is 0 Å². The zero-order valence-electron chi connectivity index (χ0n) is 10.4. The van der Waals surface area contributed by atoms with Crippen molar-refractivity contribution in [2.45, 2.75) is 38.3 Å². The lowest BCUT2D eigenvalue weighted by Gasteiger charge is -2.27. The highest BCUT2D eigenvalue weighted by molar-refractivity contribution is 5.79. The summed E-state index contributed by atoms with van der Waals surface area (Å²) in [6.45, 7) is 0.356. The van der Waals surface area contributed by atoms with Crippen molar-refractivity contribution < 1.29 is 9.90 Å². The first-order chi connectivity index (χ1) is 8.68. The first-order valence-electron chi connectivity index (χ1n) is 6.48. The summed E-state index contributed by atoms with van der Waals surface area (Å²) in [6, 6.07) is 7.00. The Morgan fingerprint density at radius 1 is 1.33 bits per heavy atom. The summed E-state index contributed by atoms with van der Waals surface area (Å²) in [7, 11) is 0. The van der Waals surface area contributed by atoms with E-state index in [1.54, 1.807) is 18.2 Å². The number of aromatic hydroxyl groups is 1. The summed E-state index contributed by atoms with van der Waals surface area (Å²) in [6.07, 6.45) is 3.98. The first kappa shape index (κ1) is 12.9. The Bertz CT molecular complexity index is 420. The molecule has 1 amide bonds. The van der Waals surface area contributed by atoms with Crippen LogP contribution in [-0.2, 0) is 11.3 Å². The Balaban J connectivity index is 1.90. The fourth-order valence-corrected chi connectivity index (χ4v) is 2.46. The van der Waals surface area contributed by atoms with Gasteiger partial charge in [-0.3, -0.25) is 4.79 Å². The van der Waals surface area contributed by atoms with Crippen LogP contribution in [0.2, 0.25) is 0 Å². The number of rotatable bonds is 3. The number of phenols is 1. The molecule has 2 rings (SSSR count). The quantitative estimate of drug-likeness (QED) is 0.759. The predicted octanol–water partition coefficient (Wildman–Crippen LogP) is 1.53. The van der Waals surface area contributed by atoms with E-state index in [1.807, 2.05) is 6.07 Å². The van der Waals surface area contributed by atoms with Crippen LogP contribution in [-0.4, -0.2) is 17.1 Å². The summed E-state index contributed by atoms with van der Waals surface area (Å²) in [5, 5.41) is 12.5. The fourth-order valence-electron chi connectivity index (χ4n) is 2.46. The Morgan fingerprint density at radius 3 is 2.78 bits per heavy atom. The molecule has 0 heterocycles. The van der Waals surface area contributed by atoms with Gasteiger partial charge in [-0.1, -0.05) is 31.0 Å². The average Bonchev–Trinajstić information content (AvgIpc) is 2.38. The van der Waals surface area contributed by atoms with E-state index in [1.165, 1.54) is 0 Å². The van der Waals surface area contributed by atoms with Crippen LogP contribution >= 0.6 is 0 Å². The van der Waals surface area contributed by atoms with Crippen LogP contribution < -0.4 is 11.1 Å². The molecular weight excluding hydrogens is 228 g/mol. The minimum atomic E-state index is -0.0791. The number of hydrogen-bond donors (Lipinski definition) is 3. The van der Waals surface area contributed by atoms with Gasteiger partial charge in [-0.15, -0.1) is 0 Å². The van der Waals surface area contributed by atoms with Crippen LogP contribution in [0, 0.1) is 5.92 Å². The molecule has 0 bridgehead atoms. The molecule has 18 heavy (non-hydrogen) atoms. The lowest BCUT2D eigenvalue weighted by atomic mass is 9.84. The minimum Gasteiger partial charge on any atom is -0.508 e. The van der Waals surface area contributed by atoms with Crippen LogP contribution in [0.5, 0.6) is 5.75 Å². The van der Waals surface area contributed by atoms with Crippen molar-refractivity contribution in [2.75, 3.05) is 0 Å². The summed E-state index contributed by atoms with van der Waals surface area (Å²) < 4.78 is 0. The van der Waals surface area contributed by atoms with Gasteiger partial charge in [-0.25, -0.2) is 0 Å². The van der Waals surface area contributed by atoms with E-state index in [2.05, 4.69) is 5.32 Å². The number of para-hydroxylation sites is 1. The van der Waals surface area contributed by atoms with Gasteiger partial charge in [0.15, 0.2) is 0 Å². The summed E-state index contributed by atoms with van der Waals surface area (Å²) >= 11 is 0. The van der Waals surface area contributed by atoms with Crippen molar-refractivity contribution >= 4 is 5.91 Å². The summed E-state index contributed by atoms with van der Waals surface area (Å²) in [4.78, 5) is 12.0. The van der Waals surface area contributed by atoms with Gasteiger partial charge in [0.25, 0.3) is 0 Å². The standard InChI is InChI=1S/C14H20N2O2/c15-12-7-3-2-6-11(12)14(18)16-9-10-5-1-4-8-13(10)17/h1,4-5,8,11-12,17H,2-3,6-7,9,15H2,(H,16,18). The van der Waals surface area contributed by atoms with Gasteiger partial charge < -0.3 is 16.2 Å². The highest BCUT2D eigenvalue weighted by Gasteiger charge is 2.27. The first-order valence-corrected chi connectivity index (χ1v) is 6.48. The van der Waals surface area contributed by atoms with Crippen LogP contribution in [0.3, 0.4) is 0 Å².